The molecule has 0 aliphatic rings. The van der Waals surface area contributed by atoms with Crippen molar-refractivity contribution in [1.29, 1.82) is 0 Å². The van der Waals surface area contributed by atoms with E-state index < -0.39 is 0 Å². The fraction of sp³-hybridized carbons (Fsp3) is 0.174. The molecule has 5 nitrogen and oxygen atoms in total. The van der Waals surface area contributed by atoms with Crippen molar-refractivity contribution in [2.45, 2.75) is 27.2 Å². The number of anilines is 2. The summed E-state index contributed by atoms with van der Waals surface area (Å²) in [6.07, 6.45) is 2.28. The number of aromatic nitrogens is 1. The van der Waals surface area contributed by atoms with Gasteiger partial charge in [0.25, 0.3) is 11.8 Å². The molecular weight excluding hydrogens is 350 g/mol. The van der Waals surface area contributed by atoms with E-state index >= 15 is 0 Å². The fourth-order valence-electron chi connectivity index (χ4n) is 2.98. The summed E-state index contributed by atoms with van der Waals surface area (Å²) in [6, 6.07) is 16.5. The molecule has 0 spiro atoms. The number of para-hydroxylation sites is 1. The van der Waals surface area contributed by atoms with Crippen LogP contribution in [-0.4, -0.2) is 16.8 Å². The van der Waals surface area contributed by atoms with Crippen LogP contribution in [0.15, 0.2) is 60.8 Å². The number of nitrogens with zero attached hydrogens (tertiary/aromatic N) is 1. The number of benzene rings is 2. The molecule has 0 fully saturated rings. The molecule has 3 aromatic rings. The summed E-state index contributed by atoms with van der Waals surface area (Å²) in [7, 11) is 0. The fourth-order valence-corrected chi connectivity index (χ4v) is 2.98. The molecular formula is C23H23N3O2. The van der Waals surface area contributed by atoms with Crippen molar-refractivity contribution < 1.29 is 9.59 Å². The number of pyridine rings is 1. The van der Waals surface area contributed by atoms with Gasteiger partial charge in [0, 0.05) is 23.1 Å². The van der Waals surface area contributed by atoms with Crippen molar-refractivity contribution in [2.75, 3.05) is 10.6 Å². The molecule has 0 bridgehead atoms. The Kier molecular flexibility index (Phi) is 5.84. The molecule has 5 heteroatoms. The van der Waals surface area contributed by atoms with Crippen LogP contribution in [-0.2, 0) is 6.42 Å². The molecule has 0 saturated carbocycles. The van der Waals surface area contributed by atoms with Crippen LogP contribution in [0.1, 0.15) is 44.5 Å². The number of carbonyl (C=O) groups excluding carboxylic acids is 2. The number of rotatable bonds is 5. The standard InChI is InChI=1S/C23H23N3O2/c1-4-17-7-5-6-8-20(17)26-23(28)21-14-18(11-12-24-21)22(27)25-19-10-9-15(2)13-16(19)3/h5-14H,4H2,1-3H3,(H,25,27)(H,26,28). The second-order valence-electron chi connectivity index (χ2n) is 6.67. The number of hydrogen-bond donors (Lipinski definition) is 2. The molecule has 1 aromatic heterocycles. The lowest BCUT2D eigenvalue weighted by molar-refractivity contribution is 0.102. The Morgan fingerprint density at radius 2 is 1.64 bits per heavy atom. The Balaban J connectivity index is 1.77. The van der Waals surface area contributed by atoms with Gasteiger partial charge in [-0.05, 0) is 55.7 Å². The van der Waals surface area contributed by atoms with Gasteiger partial charge in [0.1, 0.15) is 5.69 Å². The minimum atomic E-state index is -0.345. The molecule has 0 aliphatic carbocycles. The van der Waals surface area contributed by atoms with Gasteiger partial charge in [-0.3, -0.25) is 14.6 Å². The predicted molar refractivity (Wildman–Crippen MR) is 112 cm³/mol. The van der Waals surface area contributed by atoms with Crippen molar-refractivity contribution in [3.8, 4) is 0 Å². The van der Waals surface area contributed by atoms with E-state index in [9.17, 15) is 9.59 Å². The normalized spacial score (nSPS) is 10.4. The quantitative estimate of drug-likeness (QED) is 0.677. The van der Waals surface area contributed by atoms with Gasteiger partial charge in [0.05, 0.1) is 0 Å². The van der Waals surface area contributed by atoms with E-state index in [2.05, 4.69) is 15.6 Å². The van der Waals surface area contributed by atoms with Crippen LogP contribution >= 0.6 is 0 Å². The van der Waals surface area contributed by atoms with Crippen molar-refractivity contribution in [1.82, 2.24) is 4.98 Å². The summed E-state index contributed by atoms with van der Waals surface area (Å²) in [5.41, 5.74) is 5.22. The second kappa shape index (κ2) is 8.48. The Labute approximate surface area is 164 Å². The zero-order valence-corrected chi connectivity index (χ0v) is 16.2. The maximum absolute atomic E-state index is 12.6. The summed E-state index contributed by atoms with van der Waals surface area (Å²) in [5, 5.41) is 5.77. The smallest absolute Gasteiger partial charge is 0.274 e. The van der Waals surface area contributed by atoms with Crippen molar-refractivity contribution in [3.63, 3.8) is 0 Å². The molecule has 0 saturated heterocycles. The third-order valence-electron chi connectivity index (χ3n) is 4.53. The number of carbonyl (C=O) groups is 2. The summed E-state index contributed by atoms with van der Waals surface area (Å²) in [4.78, 5) is 29.3. The van der Waals surface area contributed by atoms with Crippen LogP contribution < -0.4 is 10.6 Å². The van der Waals surface area contributed by atoms with Gasteiger partial charge in [-0.1, -0.05) is 42.8 Å². The van der Waals surface area contributed by atoms with Crippen LogP contribution in [0.2, 0.25) is 0 Å². The number of aryl methyl sites for hydroxylation is 3. The van der Waals surface area contributed by atoms with Crippen LogP contribution in [0.5, 0.6) is 0 Å². The highest BCUT2D eigenvalue weighted by atomic mass is 16.2. The zero-order valence-electron chi connectivity index (χ0n) is 16.2. The molecule has 0 atom stereocenters. The van der Waals surface area contributed by atoms with Crippen LogP contribution in [0, 0.1) is 13.8 Å². The van der Waals surface area contributed by atoms with Crippen LogP contribution in [0.25, 0.3) is 0 Å². The maximum atomic E-state index is 12.6. The van der Waals surface area contributed by atoms with E-state index in [1.807, 2.05) is 63.2 Å². The first-order valence-electron chi connectivity index (χ1n) is 9.22. The average molecular weight is 373 g/mol. The molecule has 3 rings (SSSR count). The van der Waals surface area contributed by atoms with E-state index in [1.54, 1.807) is 6.07 Å². The second-order valence-corrected chi connectivity index (χ2v) is 6.67. The van der Waals surface area contributed by atoms with Crippen LogP contribution in [0.4, 0.5) is 11.4 Å². The number of hydrogen-bond acceptors (Lipinski definition) is 3. The van der Waals surface area contributed by atoms with Gasteiger partial charge in [0.15, 0.2) is 0 Å². The van der Waals surface area contributed by atoms with Gasteiger partial charge in [-0.15, -0.1) is 0 Å². The molecule has 2 aromatic carbocycles. The maximum Gasteiger partial charge on any atom is 0.274 e. The molecule has 1 heterocycles. The Morgan fingerprint density at radius 3 is 2.39 bits per heavy atom. The van der Waals surface area contributed by atoms with Gasteiger partial charge >= 0.3 is 0 Å². The van der Waals surface area contributed by atoms with E-state index in [0.717, 1.165) is 34.5 Å². The molecule has 2 amide bonds. The monoisotopic (exact) mass is 373 g/mol. The SMILES string of the molecule is CCc1ccccc1NC(=O)c1cc(C(=O)Nc2ccc(C)cc2C)ccn1. The summed E-state index contributed by atoms with van der Waals surface area (Å²) in [6.45, 7) is 5.98. The Hall–Kier alpha value is -3.47. The first-order valence-corrected chi connectivity index (χ1v) is 9.22. The summed E-state index contributed by atoms with van der Waals surface area (Å²) in [5.74, 6) is -0.626. The highest BCUT2D eigenvalue weighted by Crippen LogP contribution is 2.18. The van der Waals surface area contributed by atoms with Gasteiger partial charge < -0.3 is 10.6 Å². The highest BCUT2D eigenvalue weighted by Gasteiger charge is 2.14. The molecule has 28 heavy (non-hydrogen) atoms. The molecule has 2 N–H and O–H groups in total. The third-order valence-corrected chi connectivity index (χ3v) is 4.53. The van der Waals surface area contributed by atoms with E-state index in [4.69, 9.17) is 0 Å². The molecule has 0 unspecified atom stereocenters. The minimum Gasteiger partial charge on any atom is -0.322 e. The zero-order chi connectivity index (χ0) is 20.1. The van der Waals surface area contributed by atoms with Crippen molar-refractivity contribution in [3.05, 3.63) is 88.7 Å². The summed E-state index contributed by atoms with van der Waals surface area (Å²) < 4.78 is 0. The Morgan fingerprint density at radius 1 is 0.893 bits per heavy atom. The van der Waals surface area contributed by atoms with E-state index in [0.29, 0.717) is 5.56 Å². The van der Waals surface area contributed by atoms with Gasteiger partial charge in [0.2, 0.25) is 0 Å². The lowest BCUT2D eigenvalue weighted by atomic mass is 10.1. The molecule has 0 radical (unpaired) electrons. The first-order chi connectivity index (χ1) is 13.5. The Bertz CT molecular complexity index is 1030. The molecule has 142 valence electrons. The van der Waals surface area contributed by atoms with E-state index in [1.165, 1.54) is 12.3 Å². The lowest BCUT2D eigenvalue weighted by Crippen LogP contribution is -2.17. The van der Waals surface area contributed by atoms with E-state index in [-0.39, 0.29) is 17.5 Å². The third kappa shape index (κ3) is 4.43. The van der Waals surface area contributed by atoms with Gasteiger partial charge in [-0.25, -0.2) is 0 Å². The highest BCUT2D eigenvalue weighted by molar-refractivity contribution is 6.08. The number of nitrogens with one attached hydrogen (secondary N) is 2. The molecule has 0 aliphatic heterocycles. The predicted octanol–water partition coefficient (Wildman–Crippen LogP) is 4.77. The minimum absolute atomic E-state index is 0.194. The van der Waals surface area contributed by atoms with Crippen molar-refractivity contribution >= 4 is 23.2 Å². The van der Waals surface area contributed by atoms with Crippen molar-refractivity contribution in [2.24, 2.45) is 0 Å². The van der Waals surface area contributed by atoms with Gasteiger partial charge in [-0.2, -0.15) is 0 Å². The topological polar surface area (TPSA) is 71.1 Å². The summed E-state index contributed by atoms with van der Waals surface area (Å²) >= 11 is 0. The first kappa shape index (κ1) is 19.3. The lowest BCUT2D eigenvalue weighted by Gasteiger charge is -2.11. The van der Waals surface area contributed by atoms with Crippen LogP contribution in [0.3, 0.4) is 0 Å². The largest absolute Gasteiger partial charge is 0.322 e. The number of amides is 2. The average Bonchev–Trinajstić information content (AvgIpc) is 2.70.